The first-order chi connectivity index (χ1) is 8.65. The van der Waals surface area contributed by atoms with Gasteiger partial charge in [0, 0.05) is 23.3 Å². The summed E-state index contributed by atoms with van der Waals surface area (Å²) in [6.07, 6.45) is 1.90. The maximum absolute atomic E-state index is 4.39. The first-order valence-electron chi connectivity index (χ1n) is 6.05. The Morgan fingerprint density at radius 2 is 2.11 bits per heavy atom. The number of aryl methyl sites for hydroxylation is 1. The van der Waals surface area contributed by atoms with Crippen LogP contribution in [0.2, 0.25) is 0 Å². The Morgan fingerprint density at radius 1 is 1.28 bits per heavy atom. The van der Waals surface area contributed by atoms with Gasteiger partial charge in [-0.1, -0.05) is 34.1 Å². The maximum Gasteiger partial charge on any atom is 0.0542 e. The highest BCUT2D eigenvalue weighted by molar-refractivity contribution is 9.10. The number of benzene rings is 1. The molecule has 1 aromatic carbocycles. The van der Waals surface area contributed by atoms with Gasteiger partial charge in [-0.05, 0) is 43.2 Å². The molecular weight excluding hydrogens is 288 g/mol. The molecule has 18 heavy (non-hydrogen) atoms. The Balaban J connectivity index is 1.96. The summed E-state index contributed by atoms with van der Waals surface area (Å²) in [5.41, 5.74) is 3.54. The van der Waals surface area contributed by atoms with Gasteiger partial charge in [-0.25, -0.2) is 0 Å². The Kier molecular flexibility index (Phi) is 4.50. The molecule has 0 fully saturated rings. The Morgan fingerprint density at radius 3 is 2.78 bits per heavy atom. The number of nitrogens with one attached hydrogen (secondary N) is 1. The number of rotatable bonds is 4. The molecule has 1 heterocycles. The van der Waals surface area contributed by atoms with Crippen LogP contribution in [0.4, 0.5) is 0 Å². The second-order valence-electron chi connectivity index (χ2n) is 4.48. The third-order valence-corrected chi connectivity index (χ3v) is 3.40. The number of halogens is 1. The van der Waals surface area contributed by atoms with Gasteiger partial charge in [0.15, 0.2) is 0 Å². The van der Waals surface area contributed by atoms with Crippen molar-refractivity contribution in [1.82, 2.24) is 10.3 Å². The Labute approximate surface area is 117 Å². The Hall–Kier alpha value is -1.19. The fraction of sp³-hybridized carbons (Fsp3) is 0.267. The van der Waals surface area contributed by atoms with Gasteiger partial charge in [0.05, 0.1) is 5.69 Å². The van der Waals surface area contributed by atoms with Crippen molar-refractivity contribution >= 4 is 15.9 Å². The minimum atomic E-state index is 0.311. The molecular formula is C15H17BrN2. The van der Waals surface area contributed by atoms with Crippen LogP contribution in [-0.4, -0.2) is 4.98 Å². The first-order valence-corrected chi connectivity index (χ1v) is 6.85. The second-order valence-corrected chi connectivity index (χ2v) is 5.40. The highest BCUT2D eigenvalue weighted by Gasteiger charge is 2.05. The average Bonchev–Trinajstić information content (AvgIpc) is 2.38. The third-order valence-electron chi connectivity index (χ3n) is 2.91. The number of pyridine rings is 1. The molecule has 0 amide bonds. The van der Waals surface area contributed by atoms with Crippen LogP contribution < -0.4 is 5.32 Å². The highest BCUT2D eigenvalue weighted by atomic mass is 79.9. The minimum absolute atomic E-state index is 0.311. The van der Waals surface area contributed by atoms with Crippen molar-refractivity contribution < 1.29 is 0 Å². The summed E-state index contributed by atoms with van der Waals surface area (Å²) in [6, 6.07) is 12.8. The Bertz CT molecular complexity index is 508. The fourth-order valence-corrected chi connectivity index (χ4v) is 2.17. The second kappa shape index (κ2) is 6.12. The van der Waals surface area contributed by atoms with E-state index in [1.54, 1.807) is 0 Å². The molecule has 1 aromatic heterocycles. The van der Waals surface area contributed by atoms with Gasteiger partial charge in [-0.2, -0.15) is 0 Å². The molecule has 0 aliphatic heterocycles. The van der Waals surface area contributed by atoms with E-state index in [1.165, 1.54) is 11.1 Å². The standard InChI is InChI=1S/C15H17BrN2/c1-11-6-7-15(18-9-11)10-17-12(2)13-4-3-5-14(16)8-13/h3-9,12,17H,10H2,1-2H3. The molecule has 0 bridgehead atoms. The predicted octanol–water partition coefficient (Wildman–Crippen LogP) is 4.00. The van der Waals surface area contributed by atoms with Gasteiger partial charge in [0.1, 0.15) is 0 Å². The van der Waals surface area contributed by atoms with Crippen LogP contribution in [0.3, 0.4) is 0 Å². The van der Waals surface area contributed by atoms with Crippen molar-refractivity contribution in [3.05, 3.63) is 63.9 Å². The lowest BCUT2D eigenvalue weighted by Gasteiger charge is -2.14. The third kappa shape index (κ3) is 3.65. The van der Waals surface area contributed by atoms with Crippen molar-refractivity contribution in [2.24, 2.45) is 0 Å². The van der Waals surface area contributed by atoms with E-state index in [0.29, 0.717) is 6.04 Å². The highest BCUT2D eigenvalue weighted by Crippen LogP contribution is 2.18. The van der Waals surface area contributed by atoms with Crippen molar-refractivity contribution in [3.8, 4) is 0 Å². The van der Waals surface area contributed by atoms with Crippen LogP contribution in [0.1, 0.15) is 29.8 Å². The zero-order chi connectivity index (χ0) is 13.0. The number of hydrogen-bond donors (Lipinski definition) is 1. The largest absolute Gasteiger partial charge is 0.305 e. The normalized spacial score (nSPS) is 12.4. The van der Waals surface area contributed by atoms with E-state index in [2.05, 4.69) is 63.5 Å². The van der Waals surface area contributed by atoms with Crippen molar-refractivity contribution in [2.75, 3.05) is 0 Å². The molecule has 1 atom stereocenters. The lowest BCUT2D eigenvalue weighted by Crippen LogP contribution is -2.18. The van der Waals surface area contributed by atoms with Crippen LogP contribution in [-0.2, 0) is 6.54 Å². The van der Waals surface area contributed by atoms with E-state index in [4.69, 9.17) is 0 Å². The zero-order valence-electron chi connectivity index (χ0n) is 10.7. The van der Waals surface area contributed by atoms with Crippen LogP contribution in [0.5, 0.6) is 0 Å². The summed E-state index contributed by atoms with van der Waals surface area (Å²) in [5, 5.41) is 3.48. The van der Waals surface area contributed by atoms with Gasteiger partial charge in [-0.3, -0.25) is 4.98 Å². The van der Waals surface area contributed by atoms with Gasteiger partial charge in [0.2, 0.25) is 0 Å². The molecule has 1 N–H and O–H groups in total. The predicted molar refractivity (Wildman–Crippen MR) is 78.4 cm³/mol. The molecule has 0 saturated heterocycles. The summed E-state index contributed by atoms with van der Waals surface area (Å²) < 4.78 is 1.11. The quantitative estimate of drug-likeness (QED) is 0.923. The van der Waals surface area contributed by atoms with Crippen LogP contribution in [0, 0.1) is 6.92 Å². The van der Waals surface area contributed by atoms with Crippen molar-refractivity contribution in [3.63, 3.8) is 0 Å². The molecule has 3 heteroatoms. The molecule has 2 aromatic rings. The smallest absolute Gasteiger partial charge is 0.0542 e. The SMILES string of the molecule is Cc1ccc(CNC(C)c2cccc(Br)c2)nc1. The van der Waals surface area contributed by atoms with Crippen LogP contribution in [0.15, 0.2) is 47.1 Å². The minimum Gasteiger partial charge on any atom is -0.305 e. The summed E-state index contributed by atoms with van der Waals surface area (Å²) >= 11 is 3.49. The zero-order valence-corrected chi connectivity index (χ0v) is 12.2. The van der Waals surface area contributed by atoms with Gasteiger partial charge in [-0.15, -0.1) is 0 Å². The maximum atomic E-state index is 4.39. The molecule has 0 spiro atoms. The van der Waals surface area contributed by atoms with E-state index in [-0.39, 0.29) is 0 Å². The molecule has 1 unspecified atom stereocenters. The molecule has 0 aliphatic carbocycles. The molecule has 94 valence electrons. The molecule has 0 radical (unpaired) electrons. The first kappa shape index (κ1) is 13.2. The van der Waals surface area contributed by atoms with E-state index in [0.717, 1.165) is 16.7 Å². The molecule has 0 aliphatic rings. The molecule has 0 saturated carbocycles. The summed E-state index contributed by atoms with van der Waals surface area (Å²) in [5.74, 6) is 0. The number of hydrogen-bond acceptors (Lipinski definition) is 2. The van der Waals surface area contributed by atoms with Crippen LogP contribution >= 0.6 is 15.9 Å². The van der Waals surface area contributed by atoms with E-state index in [9.17, 15) is 0 Å². The van der Waals surface area contributed by atoms with E-state index < -0.39 is 0 Å². The van der Waals surface area contributed by atoms with Gasteiger partial charge >= 0.3 is 0 Å². The van der Waals surface area contributed by atoms with Crippen molar-refractivity contribution in [2.45, 2.75) is 26.4 Å². The summed E-state index contributed by atoms with van der Waals surface area (Å²) in [6.45, 7) is 5.00. The fourth-order valence-electron chi connectivity index (χ4n) is 1.75. The monoisotopic (exact) mass is 304 g/mol. The average molecular weight is 305 g/mol. The lowest BCUT2D eigenvalue weighted by atomic mass is 10.1. The van der Waals surface area contributed by atoms with E-state index >= 15 is 0 Å². The van der Waals surface area contributed by atoms with Gasteiger partial charge in [0.25, 0.3) is 0 Å². The molecule has 2 rings (SSSR count). The van der Waals surface area contributed by atoms with E-state index in [1.807, 2.05) is 19.2 Å². The lowest BCUT2D eigenvalue weighted by molar-refractivity contribution is 0.567. The topological polar surface area (TPSA) is 24.9 Å². The summed E-state index contributed by atoms with van der Waals surface area (Å²) in [7, 11) is 0. The van der Waals surface area contributed by atoms with Crippen LogP contribution in [0.25, 0.3) is 0 Å². The number of nitrogens with zero attached hydrogens (tertiary/aromatic N) is 1. The van der Waals surface area contributed by atoms with Crippen molar-refractivity contribution in [1.29, 1.82) is 0 Å². The number of aromatic nitrogens is 1. The molecule has 2 nitrogen and oxygen atoms in total. The van der Waals surface area contributed by atoms with Gasteiger partial charge < -0.3 is 5.32 Å². The summed E-state index contributed by atoms with van der Waals surface area (Å²) in [4.78, 5) is 4.39.